The van der Waals surface area contributed by atoms with Gasteiger partial charge in [0.15, 0.2) is 5.75 Å². The van der Waals surface area contributed by atoms with Gasteiger partial charge in [0.1, 0.15) is 17.2 Å². The molecule has 0 bridgehead atoms. The lowest BCUT2D eigenvalue weighted by Crippen LogP contribution is -2.12. The number of esters is 4. The molecule has 0 saturated carbocycles. The fraction of sp³-hybridized carbons (Fsp3) is 0.0870. The Morgan fingerprint density at radius 3 is 1.31 bits per heavy atom. The molecule has 0 heterocycles. The third-order valence-corrected chi connectivity index (χ3v) is 7.14. The molecular weight excluding hydrogens is 680 g/mol. The molecule has 8 heteroatoms. The molecular formula is C46H34O8. The Morgan fingerprint density at radius 2 is 0.907 bits per heavy atom. The molecule has 0 saturated heterocycles. The highest BCUT2D eigenvalue weighted by Crippen LogP contribution is 2.34. The second kappa shape index (κ2) is 18.1. The van der Waals surface area contributed by atoms with Crippen molar-refractivity contribution < 1.29 is 38.1 Å². The van der Waals surface area contributed by atoms with Gasteiger partial charge in [0.25, 0.3) is 0 Å². The van der Waals surface area contributed by atoms with Gasteiger partial charge in [-0.25, -0.2) is 19.2 Å². The summed E-state index contributed by atoms with van der Waals surface area (Å²) in [6, 6.07) is 21.9. The zero-order valence-electron chi connectivity index (χ0n) is 30.2. The highest BCUT2D eigenvalue weighted by molar-refractivity contribution is 5.90. The Bertz CT molecular complexity index is 2390. The highest BCUT2D eigenvalue weighted by Gasteiger charge is 2.20. The molecule has 54 heavy (non-hydrogen) atoms. The van der Waals surface area contributed by atoms with E-state index >= 15 is 0 Å². The zero-order valence-corrected chi connectivity index (χ0v) is 30.2. The first-order valence-electron chi connectivity index (χ1n) is 16.2. The number of carbonyl (C=O) groups excluding carboxylic acids is 4. The first-order chi connectivity index (χ1) is 25.7. The topological polar surface area (TPSA) is 105 Å². The van der Waals surface area contributed by atoms with Crippen molar-refractivity contribution in [1.29, 1.82) is 0 Å². The predicted octanol–water partition coefficient (Wildman–Crippen LogP) is 7.73. The minimum atomic E-state index is -0.725. The molecule has 8 nitrogen and oxygen atoms in total. The van der Waals surface area contributed by atoms with Crippen molar-refractivity contribution in [2.45, 2.75) is 27.7 Å². The van der Waals surface area contributed by atoms with Crippen LogP contribution in [0.3, 0.4) is 0 Å². The van der Waals surface area contributed by atoms with Crippen molar-refractivity contribution in [1.82, 2.24) is 0 Å². The second-order valence-electron chi connectivity index (χ2n) is 11.8. The van der Waals surface area contributed by atoms with E-state index in [2.05, 4.69) is 61.8 Å². The van der Waals surface area contributed by atoms with E-state index in [1.807, 2.05) is 0 Å². The fourth-order valence-electron chi connectivity index (χ4n) is 4.21. The van der Waals surface area contributed by atoms with E-state index in [0.29, 0.717) is 33.8 Å². The molecule has 0 fully saturated rings. The monoisotopic (exact) mass is 714 g/mol. The van der Waals surface area contributed by atoms with Crippen LogP contribution in [0, 0.1) is 42.4 Å². The minimum absolute atomic E-state index is 0.0790. The lowest BCUT2D eigenvalue weighted by Gasteiger charge is -2.15. The van der Waals surface area contributed by atoms with Crippen molar-refractivity contribution in [3.05, 3.63) is 167 Å². The van der Waals surface area contributed by atoms with Crippen LogP contribution < -0.4 is 18.9 Å². The summed E-state index contributed by atoms with van der Waals surface area (Å²) in [6.07, 6.45) is 1.02. The fourth-order valence-corrected chi connectivity index (χ4v) is 4.21. The van der Waals surface area contributed by atoms with Gasteiger partial charge in [-0.2, -0.15) is 0 Å². The molecule has 4 aromatic carbocycles. The molecule has 0 aliphatic carbocycles. The maximum atomic E-state index is 12.7. The van der Waals surface area contributed by atoms with Crippen molar-refractivity contribution in [2.75, 3.05) is 0 Å². The Labute approximate surface area is 314 Å². The zero-order chi connectivity index (χ0) is 39.4. The molecule has 4 aromatic rings. The molecule has 0 atom stereocenters. The number of rotatable bonds is 8. The lowest BCUT2D eigenvalue weighted by atomic mass is 10.0. The Kier molecular flexibility index (Phi) is 13.1. The van der Waals surface area contributed by atoms with Crippen molar-refractivity contribution in [3.8, 4) is 58.5 Å². The maximum Gasteiger partial charge on any atom is 0.338 e. The van der Waals surface area contributed by atoms with Gasteiger partial charge in [-0.1, -0.05) is 61.8 Å². The van der Waals surface area contributed by atoms with Crippen LogP contribution >= 0.6 is 0 Å². The third-order valence-electron chi connectivity index (χ3n) is 7.14. The van der Waals surface area contributed by atoms with E-state index in [1.54, 1.807) is 93.6 Å². The van der Waals surface area contributed by atoms with Crippen LogP contribution in [0.2, 0.25) is 0 Å². The Hall–Kier alpha value is -7.60. The summed E-state index contributed by atoms with van der Waals surface area (Å²) in [6.45, 7) is 20.6. The smallest absolute Gasteiger partial charge is 0.338 e. The van der Waals surface area contributed by atoms with Crippen LogP contribution in [0.4, 0.5) is 0 Å². The summed E-state index contributed by atoms with van der Waals surface area (Å²) in [5.74, 6) is 16.7. The number of hydrogen-bond acceptors (Lipinski definition) is 8. The third kappa shape index (κ3) is 10.9. The van der Waals surface area contributed by atoms with E-state index in [1.165, 1.54) is 13.0 Å². The molecule has 0 aliphatic heterocycles. The molecule has 4 rings (SSSR count). The Morgan fingerprint density at radius 1 is 0.537 bits per heavy atom. The van der Waals surface area contributed by atoms with Gasteiger partial charge in [0, 0.05) is 56.7 Å². The van der Waals surface area contributed by atoms with Crippen LogP contribution in [0.1, 0.15) is 59.7 Å². The second-order valence-corrected chi connectivity index (χ2v) is 11.8. The van der Waals surface area contributed by atoms with E-state index in [4.69, 9.17) is 18.9 Å². The summed E-state index contributed by atoms with van der Waals surface area (Å²) in [4.78, 5) is 48.7. The summed E-state index contributed by atoms with van der Waals surface area (Å²) in [5, 5.41) is 0. The van der Waals surface area contributed by atoms with Crippen LogP contribution in [-0.2, 0) is 19.2 Å². The molecule has 0 radical (unpaired) electrons. The average molecular weight is 715 g/mol. The number of benzene rings is 4. The summed E-state index contributed by atoms with van der Waals surface area (Å²) in [5.41, 5.74) is 4.27. The Balaban J connectivity index is 1.67. The van der Waals surface area contributed by atoms with Gasteiger partial charge in [0.2, 0.25) is 0 Å². The van der Waals surface area contributed by atoms with E-state index < -0.39 is 23.9 Å². The van der Waals surface area contributed by atoms with Gasteiger partial charge in [-0.3, -0.25) is 0 Å². The molecule has 0 aromatic heterocycles. The molecule has 0 aliphatic rings. The van der Waals surface area contributed by atoms with Crippen LogP contribution in [0.25, 0.3) is 0 Å². The molecule has 266 valence electrons. The van der Waals surface area contributed by atoms with Crippen molar-refractivity contribution in [2.24, 2.45) is 0 Å². The standard InChI is InChI=1S/C46H34O8/c1-9-42(47)54-43-32(8)40(27-21-36-19-25-39(26-20-36)52-45(49)30(4)5)41(53-46(50)31(6)7)28-37(43)22-16-34-13-10-33(11-14-34)12-15-35-17-23-38(24-18-35)51-44(48)29(2)3/h9-11,13-14,17-20,23-26,28H,1-2,4,6H2,3,5,7-8H3. The summed E-state index contributed by atoms with van der Waals surface area (Å²) in [7, 11) is 0. The maximum absolute atomic E-state index is 12.7. The van der Waals surface area contributed by atoms with E-state index in [0.717, 1.165) is 17.2 Å². The normalized spacial score (nSPS) is 9.63. The first-order valence-corrected chi connectivity index (χ1v) is 16.2. The van der Waals surface area contributed by atoms with Crippen LogP contribution in [-0.4, -0.2) is 23.9 Å². The van der Waals surface area contributed by atoms with Crippen molar-refractivity contribution in [3.63, 3.8) is 0 Å². The van der Waals surface area contributed by atoms with Gasteiger partial charge >= 0.3 is 23.9 Å². The average Bonchev–Trinajstić information content (AvgIpc) is 3.15. The quantitative estimate of drug-likeness (QED) is 0.0791. The first kappa shape index (κ1) is 39.2. The summed E-state index contributed by atoms with van der Waals surface area (Å²) >= 11 is 0. The highest BCUT2D eigenvalue weighted by atomic mass is 16.5. The predicted molar refractivity (Wildman–Crippen MR) is 206 cm³/mol. The van der Waals surface area contributed by atoms with Crippen LogP contribution in [0.15, 0.2) is 128 Å². The molecule has 0 unspecified atom stereocenters. The SMILES string of the molecule is C=CC(=O)Oc1c(C#Cc2ccc(C#Cc3ccc(OC(=O)C(=C)C)cc3)cc2)cc(OC(=O)C(=C)C)c(C#Cc2ccc(OC(=O)C(=C)C)cc2)c1C. The van der Waals surface area contributed by atoms with Crippen LogP contribution in [0.5, 0.6) is 23.0 Å². The van der Waals surface area contributed by atoms with E-state index in [-0.39, 0.29) is 33.8 Å². The number of carbonyl (C=O) groups is 4. The van der Waals surface area contributed by atoms with Gasteiger partial charge in [-0.15, -0.1) is 0 Å². The van der Waals surface area contributed by atoms with Gasteiger partial charge in [0.05, 0.1) is 11.1 Å². The summed E-state index contributed by atoms with van der Waals surface area (Å²) < 4.78 is 21.8. The minimum Gasteiger partial charge on any atom is -0.423 e. The number of ether oxygens (including phenoxy) is 4. The molecule has 0 spiro atoms. The van der Waals surface area contributed by atoms with Gasteiger partial charge in [-0.05, 0) is 100 Å². The largest absolute Gasteiger partial charge is 0.423 e. The van der Waals surface area contributed by atoms with E-state index in [9.17, 15) is 19.2 Å². The molecule has 0 N–H and O–H groups in total. The lowest BCUT2D eigenvalue weighted by molar-refractivity contribution is -0.131. The van der Waals surface area contributed by atoms with Gasteiger partial charge < -0.3 is 18.9 Å². The number of hydrogen-bond donors (Lipinski definition) is 0. The molecule has 0 amide bonds. The van der Waals surface area contributed by atoms with Crippen molar-refractivity contribution >= 4 is 23.9 Å².